The minimum atomic E-state index is -0.0135. The molecule has 0 atom stereocenters. The number of aliphatic hydroxyl groups excluding tert-OH is 1. The maximum absolute atomic E-state index is 11.4. The largest absolute Gasteiger partial charge is 0.396 e. The Morgan fingerprint density at radius 2 is 2.23 bits per heavy atom. The molecule has 0 aliphatic rings. The van der Waals surface area contributed by atoms with Crippen molar-refractivity contribution in [3.8, 4) is 0 Å². The molecule has 0 spiro atoms. The van der Waals surface area contributed by atoms with Crippen molar-refractivity contribution in [1.82, 2.24) is 4.57 Å². The molecular formula is C9H12BrNO2. The lowest BCUT2D eigenvalue weighted by molar-refractivity contribution is 0.281. The van der Waals surface area contributed by atoms with Crippen molar-refractivity contribution in [3.05, 3.63) is 33.2 Å². The maximum Gasteiger partial charge on any atom is 0.264 e. The number of hydrogen-bond donors (Lipinski definition) is 1. The number of halogens is 1. The van der Waals surface area contributed by atoms with Crippen LogP contribution in [0.15, 0.2) is 27.6 Å². The molecule has 0 saturated heterocycles. The lowest BCUT2D eigenvalue weighted by Crippen LogP contribution is -2.19. The van der Waals surface area contributed by atoms with Gasteiger partial charge >= 0.3 is 0 Å². The van der Waals surface area contributed by atoms with Crippen molar-refractivity contribution in [1.29, 1.82) is 0 Å². The van der Waals surface area contributed by atoms with Crippen LogP contribution in [0.3, 0.4) is 0 Å². The predicted octanol–water partition coefficient (Wildman–Crippen LogP) is 1.38. The van der Waals surface area contributed by atoms with Crippen LogP contribution >= 0.6 is 15.9 Å². The highest BCUT2D eigenvalue weighted by Crippen LogP contribution is 2.01. The summed E-state index contributed by atoms with van der Waals surface area (Å²) in [5.74, 6) is 0. The van der Waals surface area contributed by atoms with Crippen molar-refractivity contribution in [2.75, 3.05) is 6.61 Å². The number of aryl methyl sites for hydroxylation is 1. The van der Waals surface area contributed by atoms with Gasteiger partial charge in [-0.1, -0.05) is 0 Å². The zero-order valence-corrected chi connectivity index (χ0v) is 8.83. The fourth-order valence-electron chi connectivity index (χ4n) is 1.08. The molecule has 1 N–H and O–H groups in total. The van der Waals surface area contributed by atoms with Crippen LogP contribution < -0.4 is 5.56 Å². The van der Waals surface area contributed by atoms with Gasteiger partial charge in [0.2, 0.25) is 0 Å². The molecule has 0 bridgehead atoms. The second-order valence-electron chi connectivity index (χ2n) is 2.79. The van der Waals surface area contributed by atoms with Crippen LogP contribution in [0.5, 0.6) is 0 Å². The van der Waals surface area contributed by atoms with E-state index in [4.69, 9.17) is 5.11 Å². The first-order chi connectivity index (χ1) is 6.25. The SMILES string of the molecule is O=c1c(Br)cccn1CCCCO. The van der Waals surface area contributed by atoms with Gasteiger partial charge in [0.05, 0.1) is 4.47 Å². The minimum Gasteiger partial charge on any atom is -0.396 e. The third-order valence-corrected chi connectivity index (χ3v) is 2.38. The van der Waals surface area contributed by atoms with Gasteiger partial charge in [-0.2, -0.15) is 0 Å². The zero-order valence-electron chi connectivity index (χ0n) is 7.24. The van der Waals surface area contributed by atoms with Crippen LogP contribution in [0.1, 0.15) is 12.8 Å². The van der Waals surface area contributed by atoms with Gasteiger partial charge in [-0.15, -0.1) is 0 Å². The Bertz CT molecular complexity index is 322. The van der Waals surface area contributed by atoms with Crippen molar-refractivity contribution < 1.29 is 5.11 Å². The van der Waals surface area contributed by atoms with Crippen LogP contribution in [-0.2, 0) is 6.54 Å². The summed E-state index contributed by atoms with van der Waals surface area (Å²) in [6.07, 6.45) is 3.32. The van der Waals surface area contributed by atoms with Gasteiger partial charge < -0.3 is 9.67 Å². The smallest absolute Gasteiger partial charge is 0.264 e. The van der Waals surface area contributed by atoms with E-state index in [0.29, 0.717) is 11.0 Å². The van der Waals surface area contributed by atoms with Crippen LogP contribution in [0.4, 0.5) is 0 Å². The van der Waals surface area contributed by atoms with E-state index < -0.39 is 0 Å². The Hall–Kier alpha value is -0.610. The van der Waals surface area contributed by atoms with E-state index in [-0.39, 0.29) is 12.2 Å². The molecule has 72 valence electrons. The zero-order chi connectivity index (χ0) is 9.68. The molecule has 1 aromatic rings. The van der Waals surface area contributed by atoms with E-state index in [9.17, 15) is 4.79 Å². The highest BCUT2D eigenvalue weighted by Gasteiger charge is 1.98. The third kappa shape index (κ3) is 2.97. The molecule has 0 unspecified atom stereocenters. The van der Waals surface area contributed by atoms with Crippen LogP contribution in [0.25, 0.3) is 0 Å². The molecule has 0 fully saturated rings. The van der Waals surface area contributed by atoms with E-state index >= 15 is 0 Å². The van der Waals surface area contributed by atoms with Gasteiger partial charge in [-0.05, 0) is 40.9 Å². The standard InChI is InChI=1S/C9H12BrNO2/c10-8-4-3-6-11(9(8)13)5-1-2-7-12/h3-4,6,12H,1-2,5,7H2. The Morgan fingerprint density at radius 1 is 1.46 bits per heavy atom. The normalized spacial score (nSPS) is 10.3. The molecule has 0 radical (unpaired) electrons. The van der Waals surface area contributed by atoms with E-state index in [1.165, 1.54) is 0 Å². The van der Waals surface area contributed by atoms with Crippen molar-refractivity contribution in [2.24, 2.45) is 0 Å². The number of aliphatic hydroxyl groups is 1. The highest BCUT2D eigenvalue weighted by molar-refractivity contribution is 9.10. The molecule has 0 aliphatic heterocycles. The highest BCUT2D eigenvalue weighted by atomic mass is 79.9. The Balaban J connectivity index is 2.67. The predicted molar refractivity (Wildman–Crippen MR) is 54.7 cm³/mol. The topological polar surface area (TPSA) is 42.2 Å². The van der Waals surface area contributed by atoms with Crippen LogP contribution in [0.2, 0.25) is 0 Å². The summed E-state index contributed by atoms with van der Waals surface area (Å²) in [7, 11) is 0. The molecule has 1 heterocycles. The van der Waals surface area contributed by atoms with Crippen molar-refractivity contribution >= 4 is 15.9 Å². The number of pyridine rings is 1. The van der Waals surface area contributed by atoms with E-state index in [1.54, 1.807) is 16.8 Å². The first kappa shape index (κ1) is 10.5. The minimum absolute atomic E-state index is 0.0135. The van der Waals surface area contributed by atoms with E-state index in [1.807, 2.05) is 6.07 Å². The molecule has 0 aromatic carbocycles. The lowest BCUT2D eigenvalue weighted by Gasteiger charge is -2.04. The summed E-state index contributed by atoms with van der Waals surface area (Å²) in [5.41, 5.74) is -0.0135. The molecule has 0 aliphatic carbocycles. The lowest BCUT2D eigenvalue weighted by atomic mass is 10.3. The molecule has 13 heavy (non-hydrogen) atoms. The van der Waals surface area contributed by atoms with E-state index in [2.05, 4.69) is 15.9 Å². The fraction of sp³-hybridized carbons (Fsp3) is 0.444. The number of rotatable bonds is 4. The summed E-state index contributed by atoms with van der Waals surface area (Å²) >= 11 is 3.17. The monoisotopic (exact) mass is 245 g/mol. The first-order valence-electron chi connectivity index (χ1n) is 4.21. The van der Waals surface area contributed by atoms with Gasteiger partial charge in [0.15, 0.2) is 0 Å². The van der Waals surface area contributed by atoms with Crippen molar-refractivity contribution in [3.63, 3.8) is 0 Å². The summed E-state index contributed by atoms with van der Waals surface area (Å²) < 4.78 is 2.22. The third-order valence-electron chi connectivity index (χ3n) is 1.78. The van der Waals surface area contributed by atoms with E-state index in [0.717, 1.165) is 12.8 Å². The van der Waals surface area contributed by atoms with Crippen molar-refractivity contribution in [2.45, 2.75) is 19.4 Å². The quantitative estimate of drug-likeness (QED) is 0.815. The summed E-state index contributed by atoms with van der Waals surface area (Å²) in [4.78, 5) is 11.4. The van der Waals surface area contributed by atoms with Gasteiger partial charge in [-0.3, -0.25) is 4.79 Å². The Labute approximate surface area is 85.1 Å². The molecule has 1 aromatic heterocycles. The molecular weight excluding hydrogens is 234 g/mol. The molecule has 4 heteroatoms. The average molecular weight is 246 g/mol. The summed E-state index contributed by atoms with van der Waals surface area (Å²) in [6.45, 7) is 0.849. The average Bonchev–Trinajstić information content (AvgIpc) is 2.13. The first-order valence-corrected chi connectivity index (χ1v) is 5.01. The van der Waals surface area contributed by atoms with Gasteiger partial charge in [0, 0.05) is 19.3 Å². The number of unbranched alkanes of at least 4 members (excludes halogenated alkanes) is 1. The fourth-order valence-corrected chi connectivity index (χ4v) is 1.46. The molecule has 3 nitrogen and oxygen atoms in total. The number of nitrogens with zero attached hydrogens (tertiary/aromatic N) is 1. The van der Waals surface area contributed by atoms with Crippen LogP contribution in [0, 0.1) is 0 Å². The Morgan fingerprint density at radius 3 is 2.92 bits per heavy atom. The maximum atomic E-state index is 11.4. The van der Waals surface area contributed by atoms with Gasteiger partial charge in [0.1, 0.15) is 0 Å². The molecule has 0 amide bonds. The molecule has 1 rings (SSSR count). The second kappa shape index (κ2) is 5.19. The summed E-state index contributed by atoms with van der Waals surface area (Å²) in [5, 5.41) is 8.57. The number of hydrogen-bond acceptors (Lipinski definition) is 2. The second-order valence-corrected chi connectivity index (χ2v) is 3.64. The Kier molecular flexibility index (Phi) is 4.18. The van der Waals surface area contributed by atoms with Gasteiger partial charge in [0.25, 0.3) is 5.56 Å². The van der Waals surface area contributed by atoms with Gasteiger partial charge in [-0.25, -0.2) is 0 Å². The summed E-state index contributed by atoms with van der Waals surface area (Å²) in [6, 6.07) is 3.55. The van der Waals surface area contributed by atoms with Crippen LogP contribution in [-0.4, -0.2) is 16.3 Å². The molecule has 0 saturated carbocycles. The number of aromatic nitrogens is 1.